The van der Waals surface area contributed by atoms with Gasteiger partial charge in [0, 0.05) is 13.1 Å². The van der Waals surface area contributed by atoms with Crippen LogP contribution in [0.1, 0.15) is 0 Å². The number of sulfonamides is 1. The van der Waals surface area contributed by atoms with Crippen molar-refractivity contribution >= 4 is 27.0 Å². The van der Waals surface area contributed by atoms with Crippen molar-refractivity contribution in [2.75, 3.05) is 39.5 Å². The molecular formula is C14H16F3N5O5S. The van der Waals surface area contributed by atoms with Crippen molar-refractivity contribution in [3.05, 3.63) is 18.2 Å². The number of halogens is 3. The van der Waals surface area contributed by atoms with E-state index >= 15 is 0 Å². The van der Waals surface area contributed by atoms with Crippen LogP contribution >= 0.6 is 0 Å². The third-order valence-electron chi connectivity index (χ3n) is 3.80. The highest BCUT2D eigenvalue weighted by Crippen LogP contribution is 2.21. The number of ether oxygens (including phenoxy) is 1. The Morgan fingerprint density at radius 3 is 2.68 bits per heavy atom. The molecule has 0 bridgehead atoms. The average molecular weight is 423 g/mol. The van der Waals surface area contributed by atoms with Gasteiger partial charge in [-0.1, -0.05) is 4.85 Å². The Bertz CT molecular complexity index is 956. The van der Waals surface area contributed by atoms with Crippen molar-refractivity contribution in [1.82, 2.24) is 24.8 Å². The third-order valence-corrected chi connectivity index (χ3v) is 5.69. The van der Waals surface area contributed by atoms with E-state index in [-0.39, 0.29) is 42.2 Å². The second-order valence-corrected chi connectivity index (χ2v) is 7.73. The van der Waals surface area contributed by atoms with E-state index in [4.69, 9.17) is 9.57 Å². The number of fused-ring (bicyclic) bond motifs is 1. The quantitative estimate of drug-likeness (QED) is 0.670. The minimum atomic E-state index is -4.54. The van der Waals surface area contributed by atoms with Gasteiger partial charge in [-0.05, 0) is 23.4 Å². The summed E-state index contributed by atoms with van der Waals surface area (Å²) in [6.07, 6.45) is -4.54. The number of hydrogen-bond donors (Lipinski definition) is 1. The van der Waals surface area contributed by atoms with Gasteiger partial charge in [-0.15, -0.1) is 5.10 Å². The lowest BCUT2D eigenvalue weighted by Gasteiger charge is -2.26. The van der Waals surface area contributed by atoms with Gasteiger partial charge in [-0.2, -0.15) is 17.5 Å². The van der Waals surface area contributed by atoms with E-state index in [1.54, 1.807) is 5.32 Å². The summed E-state index contributed by atoms with van der Waals surface area (Å²) in [7, 11) is -3.78. The lowest BCUT2D eigenvalue weighted by molar-refractivity contribution is -0.141. The molecule has 1 aromatic heterocycles. The molecule has 2 heterocycles. The second-order valence-electron chi connectivity index (χ2n) is 5.79. The summed E-state index contributed by atoms with van der Waals surface area (Å²) in [6, 6.07) is 4.05. The number of rotatable bonds is 6. The van der Waals surface area contributed by atoms with Crippen LogP contribution in [0.3, 0.4) is 0 Å². The van der Waals surface area contributed by atoms with E-state index in [0.717, 1.165) is 4.85 Å². The Balaban J connectivity index is 1.74. The predicted octanol–water partition coefficient (Wildman–Crippen LogP) is -0.441. The van der Waals surface area contributed by atoms with Gasteiger partial charge in [-0.3, -0.25) is 4.79 Å². The van der Waals surface area contributed by atoms with E-state index in [9.17, 15) is 26.4 Å². The zero-order valence-electron chi connectivity index (χ0n) is 14.3. The van der Waals surface area contributed by atoms with Gasteiger partial charge < -0.3 is 14.9 Å². The maximum Gasteiger partial charge on any atom is 0.405 e. The molecule has 0 spiro atoms. The highest BCUT2D eigenvalue weighted by molar-refractivity contribution is 7.89. The fourth-order valence-corrected chi connectivity index (χ4v) is 3.87. The van der Waals surface area contributed by atoms with E-state index < -0.39 is 35.3 Å². The van der Waals surface area contributed by atoms with Gasteiger partial charge in [0.2, 0.25) is 10.0 Å². The third kappa shape index (κ3) is 4.69. The first-order chi connectivity index (χ1) is 13.2. The number of nitrogens with one attached hydrogen (secondary N) is 1. The molecule has 1 N–H and O–H groups in total. The first-order valence-electron chi connectivity index (χ1n) is 8.07. The maximum absolute atomic E-state index is 12.7. The van der Waals surface area contributed by atoms with E-state index in [0.29, 0.717) is 0 Å². The number of amides is 1. The molecule has 2 aromatic rings. The van der Waals surface area contributed by atoms with Crippen LogP contribution in [0.25, 0.3) is 11.0 Å². The molecule has 154 valence electrons. The van der Waals surface area contributed by atoms with Crippen molar-refractivity contribution < 1.29 is 36.0 Å². The Hall–Kier alpha value is -2.45. The standard InChI is InChI=1S/C14H16F3N5O5S/c15-14(16,17)9-18-13(23)8-27-22-12-7-10(1-2-11(12)19-20-22)28(24,25)21-3-5-26-6-4-21/h1-2,7H,3-6,8-9H2,(H,18,23). The van der Waals surface area contributed by atoms with Gasteiger partial charge in [0.1, 0.15) is 17.6 Å². The molecule has 0 unspecified atom stereocenters. The van der Waals surface area contributed by atoms with Crippen molar-refractivity contribution in [3.63, 3.8) is 0 Å². The largest absolute Gasteiger partial charge is 0.405 e. The highest BCUT2D eigenvalue weighted by atomic mass is 32.2. The van der Waals surface area contributed by atoms with Gasteiger partial charge in [-0.25, -0.2) is 8.42 Å². The number of benzene rings is 1. The number of carbonyl (C=O) groups is 1. The maximum atomic E-state index is 12.7. The number of alkyl halides is 3. The van der Waals surface area contributed by atoms with Gasteiger partial charge in [0.15, 0.2) is 6.61 Å². The SMILES string of the molecule is O=C(COn1nnc2ccc(S(=O)(=O)N3CCOCC3)cc21)NCC(F)(F)F. The number of morpholine rings is 1. The smallest absolute Gasteiger partial charge is 0.385 e. The number of aromatic nitrogens is 3. The summed E-state index contributed by atoms with van der Waals surface area (Å²) < 4.78 is 68.1. The van der Waals surface area contributed by atoms with Crippen LogP contribution in [0.15, 0.2) is 23.1 Å². The molecule has 1 aliphatic rings. The molecular weight excluding hydrogens is 407 g/mol. The van der Waals surface area contributed by atoms with Gasteiger partial charge in [0.05, 0.1) is 18.1 Å². The van der Waals surface area contributed by atoms with Crippen LogP contribution in [0.4, 0.5) is 13.2 Å². The predicted molar refractivity (Wildman–Crippen MR) is 87.6 cm³/mol. The minimum Gasteiger partial charge on any atom is -0.385 e. The van der Waals surface area contributed by atoms with Crippen LogP contribution in [0, 0.1) is 0 Å². The first-order valence-corrected chi connectivity index (χ1v) is 9.51. The minimum absolute atomic E-state index is 0.0319. The molecule has 1 amide bonds. The summed E-state index contributed by atoms with van der Waals surface area (Å²) >= 11 is 0. The average Bonchev–Trinajstić information content (AvgIpc) is 3.07. The number of carbonyl (C=O) groups excluding carboxylic acids is 1. The molecule has 3 rings (SSSR count). The van der Waals surface area contributed by atoms with Crippen molar-refractivity contribution in [2.24, 2.45) is 0 Å². The van der Waals surface area contributed by atoms with Crippen LogP contribution in [0.5, 0.6) is 0 Å². The Morgan fingerprint density at radius 1 is 1.29 bits per heavy atom. The highest BCUT2D eigenvalue weighted by Gasteiger charge is 2.28. The Labute approximate surface area is 157 Å². The molecule has 28 heavy (non-hydrogen) atoms. The molecule has 0 saturated carbocycles. The zero-order valence-corrected chi connectivity index (χ0v) is 15.2. The summed E-state index contributed by atoms with van der Waals surface area (Å²) in [5.41, 5.74) is 0.439. The van der Waals surface area contributed by atoms with Gasteiger partial charge in [0.25, 0.3) is 5.91 Å². The fourth-order valence-electron chi connectivity index (χ4n) is 2.44. The molecule has 0 aliphatic carbocycles. The normalized spacial score (nSPS) is 16.2. The van der Waals surface area contributed by atoms with Crippen LogP contribution in [0.2, 0.25) is 0 Å². The topological polar surface area (TPSA) is 116 Å². The van der Waals surface area contributed by atoms with Gasteiger partial charge >= 0.3 is 6.18 Å². The Kier molecular flexibility index (Phi) is 5.71. The van der Waals surface area contributed by atoms with E-state index in [1.807, 2.05) is 0 Å². The van der Waals surface area contributed by atoms with Crippen LogP contribution < -0.4 is 10.2 Å². The fraction of sp³-hybridized carbons (Fsp3) is 0.500. The van der Waals surface area contributed by atoms with E-state index in [1.165, 1.54) is 22.5 Å². The summed E-state index contributed by atoms with van der Waals surface area (Å²) in [5.74, 6) is -1.02. The van der Waals surface area contributed by atoms with Crippen molar-refractivity contribution in [1.29, 1.82) is 0 Å². The molecule has 1 aliphatic heterocycles. The number of hydrogen-bond acceptors (Lipinski definition) is 7. The van der Waals surface area contributed by atoms with E-state index in [2.05, 4.69) is 10.3 Å². The molecule has 1 aromatic carbocycles. The Morgan fingerprint density at radius 2 is 2.00 bits per heavy atom. The van der Waals surface area contributed by atoms with Crippen molar-refractivity contribution in [2.45, 2.75) is 11.1 Å². The molecule has 0 radical (unpaired) electrons. The lowest BCUT2D eigenvalue weighted by Crippen LogP contribution is -2.40. The van der Waals surface area contributed by atoms with Crippen LogP contribution in [-0.4, -0.2) is 79.4 Å². The van der Waals surface area contributed by atoms with Crippen molar-refractivity contribution in [3.8, 4) is 0 Å². The molecule has 1 fully saturated rings. The van der Waals surface area contributed by atoms with Crippen LogP contribution in [-0.2, 0) is 19.6 Å². The summed E-state index contributed by atoms with van der Waals surface area (Å²) in [5, 5.41) is 9.04. The monoisotopic (exact) mass is 423 g/mol. The molecule has 14 heteroatoms. The molecule has 1 saturated heterocycles. The summed E-state index contributed by atoms with van der Waals surface area (Å²) in [4.78, 5) is 17.2. The zero-order chi connectivity index (χ0) is 20.4. The number of nitrogens with zero attached hydrogens (tertiary/aromatic N) is 4. The molecule has 10 nitrogen and oxygen atoms in total. The lowest BCUT2D eigenvalue weighted by atomic mass is 10.3. The second kappa shape index (κ2) is 7.89. The molecule has 0 atom stereocenters. The first kappa shape index (κ1) is 20.3. The summed E-state index contributed by atoms with van der Waals surface area (Å²) in [6.45, 7) is -1.24.